The monoisotopic (exact) mass is 592 g/mol. The van der Waals surface area contributed by atoms with Gasteiger partial charge >= 0.3 is 0 Å². The summed E-state index contributed by atoms with van der Waals surface area (Å²) in [5.74, 6) is 0. The van der Waals surface area contributed by atoms with Gasteiger partial charge in [0.2, 0.25) is 0 Å². The molecular formula is C38H46N2P2. The average molecular weight is 593 g/mol. The third kappa shape index (κ3) is 5.78. The zero-order valence-electron chi connectivity index (χ0n) is 26.8. The van der Waals surface area contributed by atoms with E-state index in [4.69, 9.17) is 9.97 Å². The summed E-state index contributed by atoms with van der Waals surface area (Å²) >= 11 is 0. The van der Waals surface area contributed by atoms with Crippen molar-refractivity contribution in [3.63, 3.8) is 0 Å². The summed E-state index contributed by atoms with van der Waals surface area (Å²) in [7, 11) is 2.45. The number of hydrogen-bond donors (Lipinski definition) is 0. The van der Waals surface area contributed by atoms with Gasteiger partial charge in [0.1, 0.15) is 0 Å². The molecule has 4 heteroatoms. The molecule has 0 amide bonds. The van der Waals surface area contributed by atoms with Gasteiger partial charge in [-0.15, -0.1) is 9.24 Å². The van der Waals surface area contributed by atoms with Crippen molar-refractivity contribution >= 4 is 49.8 Å². The summed E-state index contributed by atoms with van der Waals surface area (Å²) in [6, 6.07) is 33.1. The highest BCUT2D eigenvalue weighted by Crippen LogP contribution is 2.59. The summed E-state index contributed by atoms with van der Waals surface area (Å²) in [6.45, 7) is 21.2. The SMILES string of the molecule is CC(C)(C)c1ccc(C(P)(C(C)(C)C)C(C)(C)C)c(CP(c2ccc3ccccc3n2)c2ccc3ccccc3n2)c1. The van der Waals surface area contributed by atoms with E-state index in [1.165, 1.54) is 27.5 Å². The quantitative estimate of drug-likeness (QED) is 0.190. The molecule has 0 fully saturated rings. The highest BCUT2D eigenvalue weighted by Gasteiger charge is 2.49. The molecule has 0 N–H and O–H groups in total. The Morgan fingerprint density at radius 1 is 0.595 bits per heavy atom. The molecule has 0 bridgehead atoms. The van der Waals surface area contributed by atoms with E-state index in [-0.39, 0.29) is 21.4 Å². The van der Waals surface area contributed by atoms with Gasteiger partial charge in [0.05, 0.1) is 21.9 Å². The Morgan fingerprint density at radius 2 is 1.07 bits per heavy atom. The molecule has 5 aromatic rings. The Kier molecular flexibility index (Phi) is 8.15. The molecule has 0 saturated heterocycles. The van der Waals surface area contributed by atoms with Gasteiger partial charge in [0.15, 0.2) is 0 Å². The van der Waals surface area contributed by atoms with Crippen LogP contribution in [-0.4, -0.2) is 9.97 Å². The lowest BCUT2D eigenvalue weighted by Crippen LogP contribution is -2.46. The summed E-state index contributed by atoms with van der Waals surface area (Å²) in [4.78, 5) is 10.5. The smallest absolute Gasteiger partial charge is 0.0709 e. The van der Waals surface area contributed by atoms with Crippen molar-refractivity contribution in [1.29, 1.82) is 0 Å². The van der Waals surface area contributed by atoms with E-state index in [9.17, 15) is 0 Å². The topological polar surface area (TPSA) is 25.8 Å². The van der Waals surface area contributed by atoms with E-state index < -0.39 is 7.92 Å². The van der Waals surface area contributed by atoms with Crippen LogP contribution in [0.25, 0.3) is 21.8 Å². The zero-order chi connectivity index (χ0) is 30.5. The summed E-state index contributed by atoms with van der Waals surface area (Å²) in [5, 5.41) is 2.19. The number of para-hydroxylation sites is 2. The maximum atomic E-state index is 5.27. The third-order valence-electron chi connectivity index (χ3n) is 8.81. The lowest BCUT2D eigenvalue weighted by molar-refractivity contribution is 0.139. The predicted molar refractivity (Wildman–Crippen MR) is 189 cm³/mol. The normalized spacial score (nSPS) is 13.3. The van der Waals surface area contributed by atoms with Gasteiger partial charge in [-0.3, -0.25) is 0 Å². The van der Waals surface area contributed by atoms with Crippen molar-refractivity contribution in [3.8, 4) is 0 Å². The Balaban J connectivity index is 1.76. The first kappa shape index (κ1) is 30.8. The van der Waals surface area contributed by atoms with Crippen LogP contribution in [0.4, 0.5) is 0 Å². The predicted octanol–water partition coefficient (Wildman–Crippen LogP) is 9.88. The van der Waals surface area contributed by atoms with E-state index >= 15 is 0 Å². The van der Waals surface area contributed by atoms with Crippen molar-refractivity contribution in [2.45, 2.75) is 79.0 Å². The van der Waals surface area contributed by atoms with Crippen LogP contribution in [0.3, 0.4) is 0 Å². The van der Waals surface area contributed by atoms with E-state index in [0.29, 0.717) is 0 Å². The highest BCUT2D eigenvalue weighted by atomic mass is 31.1. The maximum absolute atomic E-state index is 5.27. The van der Waals surface area contributed by atoms with E-state index in [1.807, 2.05) is 0 Å². The molecule has 2 nitrogen and oxygen atoms in total. The van der Waals surface area contributed by atoms with Gasteiger partial charge in [-0.25, -0.2) is 9.97 Å². The van der Waals surface area contributed by atoms with Crippen molar-refractivity contribution in [2.75, 3.05) is 0 Å². The molecule has 0 saturated carbocycles. The molecule has 1 atom stereocenters. The Bertz CT molecular complexity index is 1640. The number of rotatable bonds is 5. The van der Waals surface area contributed by atoms with Crippen molar-refractivity contribution in [2.24, 2.45) is 10.8 Å². The van der Waals surface area contributed by atoms with Crippen LogP contribution < -0.4 is 10.9 Å². The summed E-state index contributed by atoms with van der Waals surface area (Å²) < 4.78 is 0. The van der Waals surface area contributed by atoms with Gasteiger partial charge in [0.25, 0.3) is 0 Å². The lowest BCUT2D eigenvalue weighted by Gasteiger charge is -2.52. The molecule has 0 spiro atoms. The number of nitrogens with zero attached hydrogens (tertiary/aromatic N) is 2. The second-order valence-corrected chi connectivity index (χ2v) is 17.7. The first-order chi connectivity index (χ1) is 19.6. The lowest BCUT2D eigenvalue weighted by atomic mass is 9.61. The van der Waals surface area contributed by atoms with Gasteiger partial charge in [-0.2, -0.15) is 0 Å². The van der Waals surface area contributed by atoms with Gasteiger partial charge in [0, 0.05) is 30.0 Å². The molecule has 2 aromatic heterocycles. The summed E-state index contributed by atoms with van der Waals surface area (Å²) in [5.41, 5.74) is 8.58. The van der Waals surface area contributed by atoms with Crippen LogP contribution >= 0.6 is 17.2 Å². The number of aromatic nitrogens is 2. The van der Waals surface area contributed by atoms with Crippen molar-refractivity contribution in [1.82, 2.24) is 9.97 Å². The van der Waals surface area contributed by atoms with Gasteiger partial charge < -0.3 is 0 Å². The second kappa shape index (κ2) is 11.1. The maximum Gasteiger partial charge on any atom is 0.0709 e. The largest absolute Gasteiger partial charge is 0.248 e. The molecule has 0 aliphatic carbocycles. The van der Waals surface area contributed by atoms with Crippen molar-refractivity contribution < 1.29 is 0 Å². The van der Waals surface area contributed by atoms with Crippen LogP contribution in [0.5, 0.6) is 0 Å². The highest BCUT2D eigenvalue weighted by molar-refractivity contribution is 7.71. The Labute approximate surface area is 256 Å². The van der Waals surface area contributed by atoms with Crippen LogP contribution in [0.15, 0.2) is 91.0 Å². The fourth-order valence-corrected chi connectivity index (χ4v) is 8.78. The third-order valence-corrected chi connectivity index (χ3v) is 13.1. The minimum atomic E-state index is -0.888. The van der Waals surface area contributed by atoms with E-state index in [0.717, 1.165) is 28.1 Å². The van der Waals surface area contributed by atoms with Crippen LogP contribution in [-0.2, 0) is 16.7 Å². The van der Waals surface area contributed by atoms with Gasteiger partial charge in [-0.05, 0) is 57.2 Å². The number of benzene rings is 3. The molecule has 2 heterocycles. The minimum Gasteiger partial charge on any atom is -0.248 e. The van der Waals surface area contributed by atoms with E-state index in [1.54, 1.807) is 0 Å². The first-order valence-electron chi connectivity index (χ1n) is 15.0. The summed E-state index contributed by atoms with van der Waals surface area (Å²) in [6.07, 6.45) is 0.883. The minimum absolute atomic E-state index is 0.0130. The Hall–Kier alpha value is -2.66. The van der Waals surface area contributed by atoms with E-state index in [2.05, 4.69) is 163 Å². The molecule has 1 unspecified atom stereocenters. The molecule has 5 rings (SSSR count). The molecule has 0 aliphatic heterocycles. The molecule has 0 radical (unpaired) electrons. The van der Waals surface area contributed by atoms with Crippen LogP contribution in [0, 0.1) is 10.8 Å². The number of fused-ring (bicyclic) bond motifs is 2. The standard InChI is InChI=1S/C38H46N2P2/c1-35(2,3)29-20-21-30(38(41,36(4,5)6)37(7,8)9)28(24-29)25-42(33-22-18-26-14-10-12-16-31(26)39-33)34-23-19-27-15-11-13-17-32(27)40-34/h10-24H,25,41H2,1-9H3. The van der Waals surface area contributed by atoms with Crippen LogP contribution in [0.2, 0.25) is 0 Å². The van der Waals surface area contributed by atoms with Crippen LogP contribution in [0.1, 0.15) is 79.0 Å². The number of hydrogen-bond acceptors (Lipinski definition) is 2. The molecule has 0 aliphatic rings. The molecule has 3 aromatic carbocycles. The fraction of sp³-hybridized carbons (Fsp3) is 0.368. The Morgan fingerprint density at radius 3 is 1.52 bits per heavy atom. The molecule has 218 valence electrons. The molecular weight excluding hydrogens is 546 g/mol. The molecule has 42 heavy (non-hydrogen) atoms. The average Bonchev–Trinajstić information content (AvgIpc) is 2.93. The second-order valence-electron chi connectivity index (χ2n) is 14.7. The number of pyridine rings is 2. The zero-order valence-corrected chi connectivity index (χ0v) is 28.8. The van der Waals surface area contributed by atoms with Crippen molar-refractivity contribution in [3.05, 3.63) is 108 Å². The van der Waals surface area contributed by atoms with Gasteiger partial charge in [-0.1, -0.05) is 129 Å². The fourth-order valence-electron chi connectivity index (χ4n) is 6.37. The first-order valence-corrected chi connectivity index (χ1v) is 17.1.